The van der Waals surface area contributed by atoms with Gasteiger partial charge < -0.3 is 10.1 Å². The van der Waals surface area contributed by atoms with Gasteiger partial charge in [0, 0.05) is 0 Å². The number of methoxy groups -OCH3 is 1. The van der Waals surface area contributed by atoms with Gasteiger partial charge in [-0.1, -0.05) is 72.8 Å². The molecule has 0 fully saturated rings. The van der Waals surface area contributed by atoms with Crippen molar-refractivity contribution in [2.45, 2.75) is 18.5 Å². The normalized spacial score (nSPS) is 17.2. The van der Waals surface area contributed by atoms with Gasteiger partial charge in [0.1, 0.15) is 5.75 Å². The fourth-order valence-corrected chi connectivity index (χ4v) is 4.09. The summed E-state index contributed by atoms with van der Waals surface area (Å²) < 4.78 is 7.16. The van der Waals surface area contributed by atoms with Gasteiger partial charge in [0.15, 0.2) is 0 Å². The molecule has 5 rings (SSSR count). The second kappa shape index (κ2) is 8.55. The number of nitrogens with one attached hydrogen (secondary N) is 2. The molecule has 0 unspecified atom stereocenters. The first-order valence-corrected chi connectivity index (χ1v) is 10.5. The van der Waals surface area contributed by atoms with Crippen LogP contribution in [0.25, 0.3) is 0 Å². The highest BCUT2D eigenvalue weighted by atomic mass is 16.5. The molecule has 1 aliphatic rings. The molecule has 0 spiro atoms. The molecule has 2 N–H and O–H groups in total. The highest BCUT2D eigenvalue weighted by Crippen LogP contribution is 2.38. The molecule has 1 amide bonds. The van der Waals surface area contributed by atoms with Crippen LogP contribution in [0.2, 0.25) is 0 Å². The number of hydrogen-bond acceptors (Lipinski definition) is 5. The van der Waals surface area contributed by atoms with Crippen LogP contribution in [-0.4, -0.2) is 27.8 Å². The molecule has 0 bridgehead atoms. The van der Waals surface area contributed by atoms with E-state index in [1.165, 1.54) is 12.7 Å². The average Bonchev–Trinajstić information content (AvgIpc) is 3.26. The zero-order valence-corrected chi connectivity index (χ0v) is 17.6. The number of benzene rings is 3. The summed E-state index contributed by atoms with van der Waals surface area (Å²) in [5, 5.41) is 10.9. The maximum Gasteiger partial charge on any atom is 0.261 e. The van der Waals surface area contributed by atoms with E-state index >= 15 is 0 Å². The van der Waals surface area contributed by atoms with Crippen molar-refractivity contribution < 1.29 is 9.53 Å². The second-order valence-corrected chi connectivity index (χ2v) is 7.63. The number of carbonyl (C=O) groups excluding carboxylic acids is 1. The molecule has 2 atom stereocenters. The number of para-hydroxylation sites is 1. The predicted molar refractivity (Wildman–Crippen MR) is 123 cm³/mol. The van der Waals surface area contributed by atoms with Crippen molar-refractivity contribution in [3.05, 3.63) is 102 Å². The Morgan fingerprint density at radius 3 is 2.34 bits per heavy atom. The second-order valence-electron chi connectivity index (χ2n) is 7.63. The Kier molecular flexibility index (Phi) is 5.29. The van der Waals surface area contributed by atoms with Crippen LogP contribution in [0.15, 0.2) is 84.9 Å². The lowest BCUT2D eigenvalue weighted by molar-refractivity contribution is 0.102. The molecule has 7 nitrogen and oxygen atoms in total. The maximum atomic E-state index is 12.8. The van der Waals surface area contributed by atoms with Crippen LogP contribution in [-0.2, 0) is 0 Å². The van der Waals surface area contributed by atoms with Crippen molar-refractivity contribution in [2.75, 3.05) is 17.7 Å². The number of hydrogen-bond donors (Lipinski definition) is 2. The van der Waals surface area contributed by atoms with E-state index in [1.807, 2.05) is 47.1 Å². The molecular formula is C25H23N5O2. The van der Waals surface area contributed by atoms with Gasteiger partial charge in [0.2, 0.25) is 5.95 Å². The molecule has 0 radical (unpaired) electrons. The summed E-state index contributed by atoms with van der Waals surface area (Å²) >= 11 is 0. The molecule has 2 heterocycles. The largest absolute Gasteiger partial charge is 0.496 e. The summed E-state index contributed by atoms with van der Waals surface area (Å²) in [5.74, 6) is 1.05. The number of nitrogens with zero attached hydrogens (tertiary/aromatic N) is 3. The minimum atomic E-state index is -0.318. The van der Waals surface area contributed by atoms with E-state index in [-0.39, 0.29) is 23.9 Å². The number of rotatable bonds is 5. The number of aromatic nitrogens is 3. The summed E-state index contributed by atoms with van der Waals surface area (Å²) in [7, 11) is 1.54. The lowest BCUT2D eigenvalue weighted by Crippen LogP contribution is -2.28. The molecule has 0 saturated heterocycles. The van der Waals surface area contributed by atoms with E-state index in [2.05, 4.69) is 45.0 Å². The third-order valence-corrected chi connectivity index (χ3v) is 5.65. The van der Waals surface area contributed by atoms with Gasteiger partial charge in [-0.3, -0.25) is 10.1 Å². The Bertz CT molecular complexity index is 1220. The van der Waals surface area contributed by atoms with E-state index < -0.39 is 0 Å². The summed E-state index contributed by atoms with van der Waals surface area (Å²) in [6, 6.07) is 27.7. The third-order valence-electron chi connectivity index (χ3n) is 5.65. The van der Waals surface area contributed by atoms with Crippen LogP contribution in [0.5, 0.6) is 5.75 Å². The van der Waals surface area contributed by atoms with Crippen molar-refractivity contribution >= 4 is 17.8 Å². The van der Waals surface area contributed by atoms with Gasteiger partial charge in [-0.05, 0) is 29.7 Å². The summed E-state index contributed by atoms with van der Waals surface area (Å²) in [6.07, 6.45) is 0.810. The molecule has 0 aliphatic carbocycles. The Morgan fingerprint density at radius 2 is 1.62 bits per heavy atom. The highest BCUT2D eigenvalue weighted by molar-refractivity contribution is 6.05. The van der Waals surface area contributed by atoms with Gasteiger partial charge >= 0.3 is 0 Å². The zero-order chi connectivity index (χ0) is 21.9. The van der Waals surface area contributed by atoms with Crippen molar-refractivity contribution in [1.82, 2.24) is 14.8 Å². The molecule has 7 heteroatoms. The smallest absolute Gasteiger partial charge is 0.261 e. The van der Waals surface area contributed by atoms with Gasteiger partial charge in [-0.25, -0.2) is 4.68 Å². The summed E-state index contributed by atoms with van der Waals surface area (Å²) in [6.45, 7) is 0. The monoisotopic (exact) mass is 425 g/mol. The Morgan fingerprint density at radius 1 is 0.969 bits per heavy atom. The third kappa shape index (κ3) is 3.80. The maximum absolute atomic E-state index is 12.8. The molecule has 1 aliphatic heterocycles. The predicted octanol–water partition coefficient (Wildman–Crippen LogP) is 4.69. The van der Waals surface area contributed by atoms with Gasteiger partial charge in [0.05, 0.1) is 24.8 Å². The van der Waals surface area contributed by atoms with Crippen LogP contribution in [0.1, 0.15) is 40.0 Å². The Labute approximate surface area is 186 Å². The summed E-state index contributed by atoms with van der Waals surface area (Å²) in [4.78, 5) is 17.4. The van der Waals surface area contributed by atoms with E-state index in [1.54, 1.807) is 18.2 Å². The van der Waals surface area contributed by atoms with Crippen LogP contribution in [0.3, 0.4) is 0 Å². The Balaban J connectivity index is 1.48. The summed E-state index contributed by atoms with van der Waals surface area (Å²) in [5.41, 5.74) is 2.75. The van der Waals surface area contributed by atoms with E-state index in [0.29, 0.717) is 17.3 Å². The highest BCUT2D eigenvalue weighted by Gasteiger charge is 2.31. The van der Waals surface area contributed by atoms with Gasteiger partial charge in [0.25, 0.3) is 11.9 Å². The molecule has 4 aromatic rings. The van der Waals surface area contributed by atoms with Gasteiger partial charge in [-0.15, -0.1) is 5.10 Å². The minimum Gasteiger partial charge on any atom is -0.496 e. The first kappa shape index (κ1) is 19.8. The molecule has 32 heavy (non-hydrogen) atoms. The Hall–Kier alpha value is -4.13. The van der Waals surface area contributed by atoms with Crippen molar-refractivity contribution in [2.24, 2.45) is 0 Å². The lowest BCUT2D eigenvalue weighted by atomic mass is 9.93. The van der Waals surface area contributed by atoms with E-state index in [4.69, 9.17) is 4.74 Å². The lowest BCUT2D eigenvalue weighted by Gasteiger charge is -2.31. The topological polar surface area (TPSA) is 81.1 Å². The van der Waals surface area contributed by atoms with Crippen LogP contribution >= 0.6 is 0 Å². The molecule has 3 aromatic carbocycles. The molecule has 1 aromatic heterocycles. The molecule has 160 valence electrons. The number of anilines is 2. The average molecular weight is 425 g/mol. The zero-order valence-electron chi connectivity index (χ0n) is 17.6. The van der Waals surface area contributed by atoms with Crippen LogP contribution in [0.4, 0.5) is 11.9 Å². The standard InChI is InChI=1S/C25H23N5O2/c1-32-22-15-9-8-14-19(22)23(31)27-24-28-25-26-20(17-10-4-2-5-11-17)16-21(30(25)29-24)18-12-6-3-7-13-18/h2-15,20-21H,16H2,1H3,(H2,26,27,28,29,31)/t20-,21+/m0/s1. The first-order valence-electron chi connectivity index (χ1n) is 10.5. The fraction of sp³-hybridized carbons (Fsp3) is 0.160. The van der Waals surface area contributed by atoms with Crippen molar-refractivity contribution in [1.29, 1.82) is 0 Å². The van der Waals surface area contributed by atoms with E-state index in [0.717, 1.165) is 12.0 Å². The number of fused-ring (bicyclic) bond motifs is 1. The van der Waals surface area contributed by atoms with Gasteiger partial charge in [-0.2, -0.15) is 4.98 Å². The van der Waals surface area contributed by atoms with E-state index in [9.17, 15) is 4.79 Å². The van der Waals surface area contributed by atoms with Crippen molar-refractivity contribution in [3.8, 4) is 5.75 Å². The first-order chi connectivity index (χ1) is 15.7. The number of carbonyl (C=O) groups is 1. The fourth-order valence-electron chi connectivity index (χ4n) is 4.09. The van der Waals surface area contributed by atoms with Crippen molar-refractivity contribution in [3.63, 3.8) is 0 Å². The van der Waals surface area contributed by atoms with Crippen LogP contribution < -0.4 is 15.4 Å². The number of ether oxygens (including phenoxy) is 1. The number of amides is 1. The molecule has 0 saturated carbocycles. The quantitative estimate of drug-likeness (QED) is 0.485. The SMILES string of the molecule is COc1ccccc1C(=O)Nc1nc2n(n1)[C@@H](c1ccccc1)C[C@@H](c1ccccc1)N2. The van der Waals surface area contributed by atoms with Crippen LogP contribution in [0, 0.1) is 0 Å². The molecular weight excluding hydrogens is 402 g/mol. The minimum absolute atomic E-state index is 0.0120.